The Kier molecular flexibility index (Phi) is 2.86. The van der Waals surface area contributed by atoms with Crippen LogP contribution in [-0.2, 0) is 6.54 Å². The first kappa shape index (κ1) is 9.97. The maximum absolute atomic E-state index is 11.9. The fourth-order valence-corrected chi connectivity index (χ4v) is 1.34. The lowest BCUT2D eigenvalue weighted by molar-refractivity contribution is 0.145. The van der Waals surface area contributed by atoms with Crippen LogP contribution in [0, 0.1) is 0 Å². The Hall–Kier alpha value is -1.56. The van der Waals surface area contributed by atoms with Gasteiger partial charge in [0.2, 0.25) is 0 Å². The molecule has 2 aromatic rings. The second kappa shape index (κ2) is 4.31. The van der Waals surface area contributed by atoms with Crippen molar-refractivity contribution in [2.24, 2.45) is 0 Å². The van der Waals surface area contributed by atoms with E-state index < -0.39 is 6.43 Å². The molecule has 1 N–H and O–H groups in total. The smallest absolute Gasteiger partial charge is 0.250 e. The van der Waals surface area contributed by atoms with E-state index in [4.69, 9.17) is 0 Å². The normalized spacial score (nSPS) is 11.4. The first-order valence-corrected chi connectivity index (χ1v) is 4.52. The average Bonchev–Trinajstić information content (AvgIpc) is 2.62. The Bertz CT molecular complexity index is 440. The molecule has 0 fully saturated rings. The zero-order valence-electron chi connectivity index (χ0n) is 7.90. The Morgan fingerprint density at radius 3 is 3.07 bits per heavy atom. The lowest BCUT2D eigenvalue weighted by atomic mass is 10.3. The molecule has 0 aliphatic carbocycles. The lowest BCUT2D eigenvalue weighted by Gasteiger charge is -2.01. The number of halogens is 2. The van der Waals surface area contributed by atoms with E-state index in [1.165, 1.54) is 0 Å². The summed E-state index contributed by atoms with van der Waals surface area (Å²) in [5.74, 6) is 0. The summed E-state index contributed by atoms with van der Waals surface area (Å²) in [6.45, 7) is 0.0666. The molecular formula is C9H10F2N4. The van der Waals surface area contributed by atoms with Crippen LogP contribution in [0.5, 0.6) is 0 Å². The Morgan fingerprint density at radius 2 is 2.27 bits per heavy atom. The van der Waals surface area contributed by atoms with Crippen molar-refractivity contribution < 1.29 is 8.78 Å². The first-order chi connectivity index (χ1) is 7.27. The van der Waals surface area contributed by atoms with E-state index in [1.807, 2.05) is 0 Å². The molecule has 0 saturated carbocycles. The topological polar surface area (TPSA) is 42.2 Å². The SMILES string of the molecule is FC(F)CNCc1cnn2ccncc12. The lowest BCUT2D eigenvalue weighted by Crippen LogP contribution is -2.20. The van der Waals surface area contributed by atoms with E-state index in [9.17, 15) is 8.78 Å². The number of aromatic nitrogens is 3. The molecule has 0 radical (unpaired) electrons. The Balaban J connectivity index is 2.08. The number of alkyl halides is 2. The van der Waals surface area contributed by atoms with Gasteiger partial charge in [0.25, 0.3) is 6.43 Å². The molecule has 6 heteroatoms. The minimum absolute atomic E-state index is 0.308. The summed E-state index contributed by atoms with van der Waals surface area (Å²) >= 11 is 0. The summed E-state index contributed by atoms with van der Waals surface area (Å²) in [7, 11) is 0. The van der Waals surface area contributed by atoms with Gasteiger partial charge >= 0.3 is 0 Å². The number of nitrogens with one attached hydrogen (secondary N) is 1. The Labute approximate surface area is 84.9 Å². The number of rotatable bonds is 4. The van der Waals surface area contributed by atoms with E-state index in [-0.39, 0.29) is 6.54 Å². The van der Waals surface area contributed by atoms with Crippen molar-refractivity contribution in [3.05, 3.63) is 30.4 Å². The van der Waals surface area contributed by atoms with E-state index in [1.54, 1.807) is 29.3 Å². The van der Waals surface area contributed by atoms with Crippen molar-refractivity contribution in [2.75, 3.05) is 6.54 Å². The van der Waals surface area contributed by atoms with Gasteiger partial charge in [-0.2, -0.15) is 5.10 Å². The molecular weight excluding hydrogens is 202 g/mol. The van der Waals surface area contributed by atoms with Crippen LogP contribution in [0.4, 0.5) is 8.78 Å². The molecule has 15 heavy (non-hydrogen) atoms. The molecule has 2 aromatic heterocycles. The third kappa shape index (κ3) is 2.27. The van der Waals surface area contributed by atoms with Crippen molar-refractivity contribution in [1.29, 1.82) is 0 Å². The monoisotopic (exact) mass is 212 g/mol. The van der Waals surface area contributed by atoms with Gasteiger partial charge in [0.1, 0.15) is 0 Å². The second-order valence-electron chi connectivity index (χ2n) is 3.10. The standard InChI is InChI=1S/C9H10F2N4/c10-9(11)6-13-3-7-4-14-15-2-1-12-5-8(7)15/h1-2,4-5,9,13H,3,6H2. The van der Waals surface area contributed by atoms with Crippen molar-refractivity contribution in [3.63, 3.8) is 0 Å². The van der Waals surface area contributed by atoms with Crippen LogP contribution in [0.15, 0.2) is 24.8 Å². The van der Waals surface area contributed by atoms with Gasteiger partial charge in [-0.05, 0) is 0 Å². The number of hydrogen-bond acceptors (Lipinski definition) is 3. The molecule has 0 saturated heterocycles. The predicted molar refractivity (Wildman–Crippen MR) is 50.7 cm³/mol. The molecule has 2 rings (SSSR count). The van der Waals surface area contributed by atoms with Crippen LogP contribution >= 0.6 is 0 Å². The molecule has 0 atom stereocenters. The average molecular weight is 212 g/mol. The molecule has 0 spiro atoms. The van der Waals surface area contributed by atoms with Crippen molar-refractivity contribution in [2.45, 2.75) is 13.0 Å². The van der Waals surface area contributed by atoms with Crippen LogP contribution < -0.4 is 5.32 Å². The molecule has 0 aromatic carbocycles. The highest BCUT2D eigenvalue weighted by molar-refractivity contribution is 5.51. The van der Waals surface area contributed by atoms with Crippen LogP contribution in [0.3, 0.4) is 0 Å². The van der Waals surface area contributed by atoms with Crippen LogP contribution in [0.2, 0.25) is 0 Å². The molecule has 0 aliphatic heterocycles. The fourth-order valence-electron chi connectivity index (χ4n) is 1.34. The zero-order chi connectivity index (χ0) is 10.7. The Morgan fingerprint density at radius 1 is 1.40 bits per heavy atom. The highest BCUT2D eigenvalue weighted by atomic mass is 19.3. The fraction of sp³-hybridized carbons (Fsp3) is 0.333. The highest BCUT2D eigenvalue weighted by Crippen LogP contribution is 2.07. The van der Waals surface area contributed by atoms with Crippen LogP contribution in [-0.4, -0.2) is 27.6 Å². The summed E-state index contributed by atoms with van der Waals surface area (Å²) in [5.41, 5.74) is 1.70. The van der Waals surface area contributed by atoms with Crippen molar-refractivity contribution >= 4 is 5.52 Å². The van der Waals surface area contributed by atoms with E-state index >= 15 is 0 Å². The van der Waals surface area contributed by atoms with Gasteiger partial charge in [-0.1, -0.05) is 0 Å². The molecule has 0 unspecified atom stereocenters. The molecule has 0 aliphatic rings. The molecule has 0 amide bonds. The largest absolute Gasteiger partial charge is 0.307 e. The van der Waals surface area contributed by atoms with Gasteiger partial charge in [0, 0.05) is 24.5 Å². The summed E-state index contributed by atoms with van der Waals surface area (Å²) in [4.78, 5) is 3.95. The minimum Gasteiger partial charge on any atom is -0.307 e. The second-order valence-corrected chi connectivity index (χ2v) is 3.10. The summed E-state index contributed by atoms with van der Waals surface area (Å²) in [6.07, 6.45) is 4.31. The van der Waals surface area contributed by atoms with Gasteiger partial charge in [-0.25, -0.2) is 13.3 Å². The van der Waals surface area contributed by atoms with E-state index in [0.717, 1.165) is 11.1 Å². The maximum atomic E-state index is 11.9. The first-order valence-electron chi connectivity index (χ1n) is 4.52. The maximum Gasteiger partial charge on any atom is 0.250 e. The number of fused-ring (bicyclic) bond motifs is 1. The minimum atomic E-state index is -2.33. The van der Waals surface area contributed by atoms with E-state index in [0.29, 0.717) is 6.54 Å². The van der Waals surface area contributed by atoms with Gasteiger partial charge in [-0.3, -0.25) is 4.98 Å². The van der Waals surface area contributed by atoms with Crippen LogP contribution in [0.25, 0.3) is 5.52 Å². The van der Waals surface area contributed by atoms with Gasteiger partial charge in [0.15, 0.2) is 0 Å². The molecule has 80 valence electrons. The van der Waals surface area contributed by atoms with Gasteiger partial charge in [0.05, 0.1) is 24.5 Å². The van der Waals surface area contributed by atoms with Crippen molar-refractivity contribution in [1.82, 2.24) is 19.9 Å². The highest BCUT2D eigenvalue weighted by Gasteiger charge is 2.05. The quantitative estimate of drug-likeness (QED) is 0.824. The summed E-state index contributed by atoms with van der Waals surface area (Å²) in [6, 6.07) is 0. The number of nitrogens with zero attached hydrogens (tertiary/aromatic N) is 3. The third-order valence-corrected chi connectivity index (χ3v) is 2.02. The summed E-state index contributed by atoms with van der Waals surface area (Å²) < 4.78 is 25.4. The van der Waals surface area contributed by atoms with Gasteiger partial charge < -0.3 is 5.32 Å². The van der Waals surface area contributed by atoms with E-state index in [2.05, 4.69) is 15.4 Å². The number of hydrogen-bond donors (Lipinski definition) is 1. The van der Waals surface area contributed by atoms with Gasteiger partial charge in [-0.15, -0.1) is 0 Å². The molecule has 0 bridgehead atoms. The third-order valence-electron chi connectivity index (χ3n) is 2.02. The zero-order valence-corrected chi connectivity index (χ0v) is 7.90. The van der Waals surface area contributed by atoms with Crippen LogP contribution in [0.1, 0.15) is 5.56 Å². The predicted octanol–water partition coefficient (Wildman–Crippen LogP) is 1.08. The van der Waals surface area contributed by atoms with Crippen molar-refractivity contribution in [3.8, 4) is 0 Å². The molecule has 2 heterocycles. The molecule has 4 nitrogen and oxygen atoms in total. The summed E-state index contributed by atoms with van der Waals surface area (Å²) in [5, 5.41) is 6.71.